The Morgan fingerprint density at radius 2 is 1.81 bits per heavy atom. The van der Waals surface area contributed by atoms with Gasteiger partial charge in [-0.2, -0.15) is 0 Å². The molecule has 88 valence electrons. The van der Waals surface area contributed by atoms with Gasteiger partial charge in [0.25, 0.3) is 0 Å². The first kappa shape index (κ1) is 11.7. The van der Waals surface area contributed by atoms with Crippen molar-refractivity contribution in [2.24, 2.45) is 0 Å². The molecule has 0 radical (unpaired) electrons. The van der Waals surface area contributed by atoms with E-state index < -0.39 is 0 Å². The number of rotatable bonds is 4. The van der Waals surface area contributed by atoms with Gasteiger partial charge in [0.2, 0.25) is 0 Å². The van der Waals surface area contributed by atoms with Crippen LogP contribution in [0.2, 0.25) is 0 Å². The summed E-state index contributed by atoms with van der Waals surface area (Å²) in [6.45, 7) is 2.31. The quantitative estimate of drug-likeness (QED) is 0.813. The molecule has 1 heteroatoms. The van der Waals surface area contributed by atoms with Crippen molar-refractivity contribution < 1.29 is 0 Å². The van der Waals surface area contributed by atoms with Crippen molar-refractivity contribution in [3.63, 3.8) is 0 Å². The Hall–Kier alpha value is -0.820. The highest BCUT2D eigenvalue weighted by Crippen LogP contribution is 2.18. The zero-order valence-electron chi connectivity index (χ0n) is 10.3. The average molecular weight is 217 g/mol. The van der Waals surface area contributed by atoms with E-state index in [2.05, 4.69) is 42.6 Å². The number of benzene rings is 1. The molecule has 1 unspecified atom stereocenters. The van der Waals surface area contributed by atoms with Crippen LogP contribution in [-0.2, 0) is 6.42 Å². The van der Waals surface area contributed by atoms with E-state index in [1.165, 1.54) is 37.7 Å². The maximum atomic E-state index is 3.77. The van der Waals surface area contributed by atoms with E-state index in [1.807, 2.05) is 0 Å². The van der Waals surface area contributed by atoms with Gasteiger partial charge in [-0.25, -0.2) is 0 Å². The lowest BCUT2D eigenvalue weighted by atomic mass is 9.94. The van der Waals surface area contributed by atoms with Crippen LogP contribution in [0.4, 0.5) is 0 Å². The Labute approximate surface area is 99.3 Å². The van der Waals surface area contributed by atoms with E-state index in [4.69, 9.17) is 0 Å². The van der Waals surface area contributed by atoms with Crippen molar-refractivity contribution in [3.8, 4) is 0 Å². The normalized spacial score (nSPS) is 19.6. The Bertz CT molecular complexity index is 288. The number of hydrogen-bond acceptors (Lipinski definition) is 1. The third kappa shape index (κ3) is 3.64. The van der Waals surface area contributed by atoms with E-state index in [9.17, 15) is 0 Å². The Kier molecular flexibility index (Phi) is 4.41. The van der Waals surface area contributed by atoms with Gasteiger partial charge >= 0.3 is 0 Å². The van der Waals surface area contributed by atoms with Gasteiger partial charge in [0.05, 0.1) is 0 Å². The molecule has 0 aliphatic heterocycles. The van der Waals surface area contributed by atoms with Gasteiger partial charge in [0.1, 0.15) is 0 Å². The van der Waals surface area contributed by atoms with E-state index in [0.29, 0.717) is 6.04 Å². The molecule has 0 saturated heterocycles. The molecular formula is C15H23N. The molecule has 2 rings (SSSR count). The third-order valence-corrected chi connectivity index (χ3v) is 3.51. The SMILES string of the molecule is CC(Cc1ccccc1)NC1CCCCC1. The first-order chi connectivity index (χ1) is 7.84. The Morgan fingerprint density at radius 1 is 1.12 bits per heavy atom. The molecule has 1 aliphatic carbocycles. The van der Waals surface area contributed by atoms with Gasteiger partial charge < -0.3 is 5.32 Å². The largest absolute Gasteiger partial charge is 0.311 e. The van der Waals surface area contributed by atoms with Crippen molar-refractivity contribution in [2.45, 2.75) is 57.5 Å². The summed E-state index contributed by atoms with van der Waals surface area (Å²) in [6.07, 6.45) is 8.16. The van der Waals surface area contributed by atoms with E-state index in [1.54, 1.807) is 0 Å². The molecule has 0 amide bonds. The summed E-state index contributed by atoms with van der Waals surface area (Å²) in [5.41, 5.74) is 1.44. The van der Waals surface area contributed by atoms with Gasteiger partial charge in [0, 0.05) is 12.1 Å². The van der Waals surface area contributed by atoms with Crippen molar-refractivity contribution >= 4 is 0 Å². The van der Waals surface area contributed by atoms with E-state index >= 15 is 0 Å². The predicted octanol–water partition coefficient (Wildman–Crippen LogP) is 3.54. The first-order valence-electron chi connectivity index (χ1n) is 6.64. The molecule has 0 aromatic heterocycles. The minimum absolute atomic E-state index is 0.602. The molecule has 1 aromatic rings. The van der Waals surface area contributed by atoms with Crippen LogP contribution in [0.1, 0.15) is 44.6 Å². The maximum absolute atomic E-state index is 3.77. The van der Waals surface area contributed by atoms with Gasteiger partial charge in [-0.1, -0.05) is 49.6 Å². The van der Waals surface area contributed by atoms with Crippen LogP contribution in [0.5, 0.6) is 0 Å². The molecule has 1 saturated carbocycles. The van der Waals surface area contributed by atoms with Crippen molar-refractivity contribution in [1.29, 1.82) is 0 Å². The minimum Gasteiger partial charge on any atom is -0.311 e. The monoisotopic (exact) mass is 217 g/mol. The lowest BCUT2D eigenvalue weighted by Crippen LogP contribution is -2.38. The van der Waals surface area contributed by atoms with Gasteiger partial charge in [-0.15, -0.1) is 0 Å². The van der Waals surface area contributed by atoms with Crippen LogP contribution in [0, 0.1) is 0 Å². The van der Waals surface area contributed by atoms with Crippen molar-refractivity contribution in [1.82, 2.24) is 5.32 Å². The molecule has 0 heterocycles. The molecule has 0 spiro atoms. The Morgan fingerprint density at radius 3 is 2.50 bits per heavy atom. The highest BCUT2D eigenvalue weighted by Gasteiger charge is 2.15. The van der Waals surface area contributed by atoms with Crippen LogP contribution < -0.4 is 5.32 Å². The fraction of sp³-hybridized carbons (Fsp3) is 0.600. The molecule has 1 aromatic carbocycles. The molecule has 16 heavy (non-hydrogen) atoms. The molecule has 1 aliphatic rings. The van der Waals surface area contributed by atoms with Gasteiger partial charge in [0.15, 0.2) is 0 Å². The highest BCUT2D eigenvalue weighted by molar-refractivity contribution is 5.15. The lowest BCUT2D eigenvalue weighted by molar-refractivity contribution is 0.343. The summed E-state index contributed by atoms with van der Waals surface area (Å²) >= 11 is 0. The fourth-order valence-electron chi connectivity index (χ4n) is 2.70. The van der Waals surface area contributed by atoms with Gasteiger partial charge in [-0.05, 0) is 31.7 Å². The maximum Gasteiger partial charge on any atom is 0.00817 e. The summed E-state index contributed by atoms with van der Waals surface area (Å²) in [7, 11) is 0. The predicted molar refractivity (Wildman–Crippen MR) is 69.6 cm³/mol. The topological polar surface area (TPSA) is 12.0 Å². The average Bonchev–Trinajstić information content (AvgIpc) is 2.31. The summed E-state index contributed by atoms with van der Waals surface area (Å²) < 4.78 is 0. The van der Waals surface area contributed by atoms with Crippen LogP contribution >= 0.6 is 0 Å². The zero-order valence-corrected chi connectivity index (χ0v) is 10.3. The smallest absolute Gasteiger partial charge is 0.00817 e. The molecule has 1 N–H and O–H groups in total. The van der Waals surface area contributed by atoms with Crippen LogP contribution in [0.15, 0.2) is 30.3 Å². The highest BCUT2D eigenvalue weighted by atomic mass is 14.9. The third-order valence-electron chi connectivity index (χ3n) is 3.51. The molecular weight excluding hydrogens is 194 g/mol. The number of nitrogens with one attached hydrogen (secondary N) is 1. The summed E-state index contributed by atoms with van der Waals surface area (Å²) in [4.78, 5) is 0. The van der Waals surface area contributed by atoms with Crippen molar-refractivity contribution in [3.05, 3.63) is 35.9 Å². The second-order valence-electron chi connectivity index (χ2n) is 5.09. The van der Waals surface area contributed by atoms with E-state index in [-0.39, 0.29) is 0 Å². The minimum atomic E-state index is 0.602. The van der Waals surface area contributed by atoms with Gasteiger partial charge in [-0.3, -0.25) is 0 Å². The fourth-order valence-corrected chi connectivity index (χ4v) is 2.70. The number of hydrogen-bond donors (Lipinski definition) is 1. The zero-order chi connectivity index (χ0) is 11.2. The summed E-state index contributed by atoms with van der Waals surface area (Å²) in [5.74, 6) is 0. The van der Waals surface area contributed by atoms with Crippen LogP contribution in [0.3, 0.4) is 0 Å². The van der Waals surface area contributed by atoms with E-state index in [0.717, 1.165) is 12.5 Å². The van der Waals surface area contributed by atoms with Crippen LogP contribution in [0.25, 0.3) is 0 Å². The standard InChI is InChI=1S/C15H23N/c1-13(12-14-8-4-2-5-9-14)16-15-10-6-3-7-11-15/h2,4-5,8-9,13,15-16H,3,6-7,10-12H2,1H3. The molecule has 1 atom stereocenters. The second kappa shape index (κ2) is 6.05. The molecule has 1 fully saturated rings. The lowest BCUT2D eigenvalue weighted by Gasteiger charge is -2.26. The van der Waals surface area contributed by atoms with Crippen LogP contribution in [-0.4, -0.2) is 12.1 Å². The Balaban J connectivity index is 1.77. The van der Waals surface area contributed by atoms with Crippen molar-refractivity contribution in [2.75, 3.05) is 0 Å². The summed E-state index contributed by atoms with van der Waals surface area (Å²) in [5, 5.41) is 3.77. The molecule has 0 bridgehead atoms. The first-order valence-corrected chi connectivity index (χ1v) is 6.64. The summed E-state index contributed by atoms with van der Waals surface area (Å²) in [6, 6.07) is 12.2. The molecule has 1 nitrogen and oxygen atoms in total. The second-order valence-corrected chi connectivity index (χ2v) is 5.09.